The molecule has 7 nitrogen and oxygen atoms in total. The van der Waals surface area contributed by atoms with Gasteiger partial charge in [-0.1, -0.05) is 38.8 Å². The molecule has 1 aliphatic carbocycles. The van der Waals surface area contributed by atoms with Crippen LogP contribution in [0.4, 0.5) is 0 Å². The van der Waals surface area contributed by atoms with Gasteiger partial charge in [0, 0.05) is 19.0 Å². The van der Waals surface area contributed by atoms with Gasteiger partial charge in [-0.3, -0.25) is 14.4 Å². The predicted molar refractivity (Wildman–Crippen MR) is 105 cm³/mol. The van der Waals surface area contributed by atoms with E-state index in [-0.39, 0.29) is 49.4 Å². The molecule has 0 aromatic carbocycles. The van der Waals surface area contributed by atoms with Crippen molar-refractivity contribution >= 4 is 17.8 Å². The lowest BCUT2D eigenvalue weighted by molar-refractivity contribution is -0.155. The van der Waals surface area contributed by atoms with E-state index >= 15 is 0 Å². The fourth-order valence-corrected chi connectivity index (χ4v) is 4.49. The third kappa shape index (κ3) is 4.57. The van der Waals surface area contributed by atoms with E-state index in [1.807, 2.05) is 19.1 Å². The lowest BCUT2D eigenvalue weighted by atomic mass is 9.69. The van der Waals surface area contributed by atoms with E-state index in [4.69, 9.17) is 4.74 Å². The highest BCUT2D eigenvalue weighted by atomic mass is 16.5. The van der Waals surface area contributed by atoms with Gasteiger partial charge in [0.05, 0.1) is 25.0 Å². The Kier molecular flexibility index (Phi) is 8.48. The van der Waals surface area contributed by atoms with Crippen LogP contribution in [0.2, 0.25) is 0 Å². The molecule has 2 N–H and O–H groups in total. The maximum Gasteiger partial charge on any atom is 0.310 e. The number of unbranched alkanes of at least 4 members (excludes halogenated alkanes) is 2. The molecule has 158 valence electrons. The highest BCUT2D eigenvalue weighted by Crippen LogP contribution is 2.45. The summed E-state index contributed by atoms with van der Waals surface area (Å²) in [6.07, 6.45) is 7.55. The molecule has 0 aromatic heterocycles. The van der Waals surface area contributed by atoms with Crippen LogP contribution in [0.1, 0.15) is 46.5 Å². The minimum absolute atomic E-state index is 0.0824. The maximum atomic E-state index is 13.2. The summed E-state index contributed by atoms with van der Waals surface area (Å²) in [5, 5.41) is 12.4. The number of carbonyl (C=O) groups excluding carboxylic acids is 3. The Morgan fingerprint density at radius 1 is 1.21 bits per heavy atom. The van der Waals surface area contributed by atoms with E-state index in [9.17, 15) is 19.5 Å². The quantitative estimate of drug-likeness (QED) is 0.333. The third-order valence-corrected chi connectivity index (χ3v) is 5.83. The average Bonchev–Trinajstić information content (AvgIpc) is 2.97. The summed E-state index contributed by atoms with van der Waals surface area (Å²) in [4.78, 5) is 40.2. The molecule has 0 unspecified atom stereocenters. The number of likely N-dealkylation sites (tertiary alicyclic amines) is 1. The van der Waals surface area contributed by atoms with Gasteiger partial charge in [-0.2, -0.15) is 0 Å². The number of hydrogen-bond acceptors (Lipinski definition) is 5. The standard InChI is InChI=1S/C21H34N2O5/c1-4-7-8-11-22-19(25)18-15-10-9-14(5-2)16(21(27)28-6-3)17(15)20(26)23(18)12-13-24/h9-10,14-18,24H,4-8,11-13H2,1-3H3,(H,22,25)/t14-,15+,16-,17+,18+/m1/s1. The van der Waals surface area contributed by atoms with E-state index in [0.29, 0.717) is 13.0 Å². The Balaban J connectivity index is 2.29. The predicted octanol–water partition coefficient (Wildman–Crippen LogP) is 1.50. The second-order valence-corrected chi connectivity index (χ2v) is 7.54. The molecule has 5 atom stereocenters. The Morgan fingerprint density at radius 2 is 1.96 bits per heavy atom. The molecule has 0 saturated carbocycles. The molecule has 1 heterocycles. The van der Waals surface area contributed by atoms with Crippen LogP contribution in [0.25, 0.3) is 0 Å². The second-order valence-electron chi connectivity index (χ2n) is 7.54. The summed E-state index contributed by atoms with van der Waals surface area (Å²) in [5.41, 5.74) is 0. The van der Waals surface area contributed by atoms with Gasteiger partial charge in [0.15, 0.2) is 0 Å². The van der Waals surface area contributed by atoms with Crippen LogP contribution in [-0.4, -0.2) is 60.1 Å². The molecule has 2 amide bonds. The topological polar surface area (TPSA) is 95.9 Å². The Bertz CT molecular complexity index is 591. The van der Waals surface area contributed by atoms with Crippen molar-refractivity contribution in [3.63, 3.8) is 0 Å². The van der Waals surface area contributed by atoms with E-state index in [2.05, 4.69) is 12.2 Å². The molecule has 28 heavy (non-hydrogen) atoms. The number of aliphatic hydroxyl groups excluding tert-OH is 1. The number of nitrogens with one attached hydrogen (secondary N) is 1. The second kappa shape index (κ2) is 10.6. The summed E-state index contributed by atoms with van der Waals surface area (Å²) in [7, 11) is 0. The molecule has 7 heteroatoms. The first-order chi connectivity index (χ1) is 13.5. The van der Waals surface area contributed by atoms with Crippen LogP contribution < -0.4 is 5.32 Å². The molecule has 1 aliphatic heterocycles. The number of amides is 2. The van der Waals surface area contributed by atoms with Crippen molar-refractivity contribution in [2.75, 3.05) is 26.3 Å². The molecule has 0 spiro atoms. The van der Waals surface area contributed by atoms with E-state index in [1.165, 1.54) is 4.90 Å². The van der Waals surface area contributed by atoms with Crippen LogP contribution in [0.3, 0.4) is 0 Å². The maximum absolute atomic E-state index is 13.2. The number of ether oxygens (including phenoxy) is 1. The number of carbonyl (C=O) groups is 3. The molecule has 2 aliphatic rings. The van der Waals surface area contributed by atoms with Gasteiger partial charge in [-0.15, -0.1) is 0 Å². The first-order valence-corrected chi connectivity index (χ1v) is 10.6. The average molecular weight is 395 g/mol. The van der Waals surface area contributed by atoms with Crippen molar-refractivity contribution in [1.29, 1.82) is 0 Å². The van der Waals surface area contributed by atoms with E-state index < -0.39 is 17.9 Å². The monoisotopic (exact) mass is 394 g/mol. The lowest BCUT2D eigenvalue weighted by Crippen LogP contribution is -2.48. The van der Waals surface area contributed by atoms with Crippen LogP contribution in [0, 0.1) is 23.7 Å². The van der Waals surface area contributed by atoms with Gasteiger partial charge in [0.2, 0.25) is 11.8 Å². The highest BCUT2D eigenvalue weighted by Gasteiger charge is 2.57. The summed E-state index contributed by atoms with van der Waals surface area (Å²) >= 11 is 0. The van der Waals surface area contributed by atoms with Gasteiger partial charge >= 0.3 is 5.97 Å². The number of nitrogens with zero attached hydrogens (tertiary/aromatic N) is 1. The minimum atomic E-state index is -0.697. The zero-order valence-corrected chi connectivity index (χ0v) is 17.2. The van der Waals surface area contributed by atoms with Crippen molar-refractivity contribution in [3.05, 3.63) is 12.2 Å². The van der Waals surface area contributed by atoms with Crippen molar-refractivity contribution in [3.8, 4) is 0 Å². The zero-order valence-electron chi connectivity index (χ0n) is 17.2. The lowest BCUT2D eigenvalue weighted by Gasteiger charge is -2.33. The van der Waals surface area contributed by atoms with Crippen molar-refractivity contribution < 1.29 is 24.2 Å². The summed E-state index contributed by atoms with van der Waals surface area (Å²) in [6, 6.07) is -0.697. The molecular formula is C21H34N2O5. The Labute approximate surface area is 167 Å². The molecule has 1 fully saturated rings. The fourth-order valence-electron chi connectivity index (χ4n) is 4.49. The molecule has 0 aromatic rings. The van der Waals surface area contributed by atoms with Crippen molar-refractivity contribution in [1.82, 2.24) is 10.2 Å². The minimum Gasteiger partial charge on any atom is -0.466 e. The number of hydrogen-bond donors (Lipinski definition) is 2. The van der Waals surface area contributed by atoms with Crippen molar-refractivity contribution in [2.24, 2.45) is 23.7 Å². The van der Waals surface area contributed by atoms with Gasteiger partial charge < -0.3 is 20.1 Å². The molecule has 2 rings (SSSR count). The van der Waals surface area contributed by atoms with Gasteiger partial charge in [-0.05, 0) is 25.7 Å². The largest absolute Gasteiger partial charge is 0.466 e. The molecular weight excluding hydrogens is 360 g/mol. The van der Waals surface area contributed by atoms with Crippen LogP contribution in [0.5, 0.6) is 0 Å². The Morgan fingerprint density at radius 3 is 2.57 bits per heavy atom. The number of β-amino-alcohol motifs (C(OH)–C–C–N with tert-alkyl or cyclic N) is 1. The fraction of sp³-hybridized carbons (Fsp3) is 0.762. The van der Waals surface area contributed by atoms with Crippen LogP contribution in [0.15, 0.2) is 12.2 Å². The molecule has 1 saturated heterocycles. The first kappa shape index (κ1) is 22.4. The number of allylic oxidation sites excluding steroid dienone is 1. The molecule has 0 radical (unpaired) electrons. The number of rotatable bonds is 10. The highest BCUT2D eigenvalue weighted by molar-refractivity contribution is 5.96. The Hall–Kier alpha value is -1.89. The van der Waals surface area contributed by atoms with Gasteiger partial charge in [0.1, 0.15) is 6.04 Å². The van der Waals surface area contributed by atoms with E-state index in [1.54, 1.807) is 6.92 Å². The van der Waals surface area contributed by atoms with Crippen LogP contribution in [-0.2, 0) is 19.1 Å². The summed E-state index contributed by atoms with van der Waals surface area (Å²) in [5.74, 6) is -2.52. The normalized spacial score (nSPS) is 28.9. The third-order valence-electron chi connectivity index (χ3n) is 5.83. The first-order valence-electron chi connectivity index (χ1n) is 10.6. The van der Waals surface area contributed by atoms with E-state index in [0.717, 1.165) is 19.3 Å². The number of aliphatic hydroxyl groups is 1. The molecule has 0 bridgehead atoms. The van der Waals surface area contributed by atoms with Crippen molar-refractivity contribution in [2.45, 2.75) is 52.5 Å². The smallest absolute Gasteiger partial charge is 0.310 e. The number of esters is 1. The summed E-state index contributed by atoms with van der Waals surface area (Å²) in [6.45, 7) is 6.49. The SMILES string of the molecule is CCCCCNC(=O)[C@@H]1[C@H]2C=C[C@@H](CC)[C@@H](C(=O)OCC)[C@H]2C(=O)N1CCO. The summed E-state index contributed by atoms with van der Waals surface area (Å²) < 4.78 is 5.26. The van der Waals surface area contributed by atoms with Crippen LogP contribution >= 0.6 is 0 Å². The number of fused-ring (bicyclic) bond motifs is 1. The van der Waals surface area contributed by atoms with Gasteiger partial charge in [0.25, 0.3) is 0 Å². The van der Waals surface area contributed by atoms with Gasteiger partial charge in [-0.25, -0.2) is 0 Å². The zero-order chi connectivity index (χ0) is 20.7.